The van der Waals surface area contributed by atoms with Gasteiger partial charge in [-0.05, 0) is 43.2 Å². The zero-order valence-corrected chi connectivity index (χ0v) is 19.0. The average Bonchev–Trinajstić information content (AvgIpc) is 3.00. The van der Waals surface area contributed by atoms with Crippen molar-refractivity contribution in [2.24, 2.45) is 0 Å². The Kier molecular flexibility index (Phi) is 4.93. The lowest BCUT2D eigenvalue weighted by molar-refractivity contribution is 0.329. The quantitative estimate of drug-likeness (QED) is 0.432. The van der Waals surface area contributed by atoms with Crippen LogP contribution in [0.5, 0.6) is 5.75 Å². The number of nitrogens with one attached hydrogen (secondary N) is 1. The maximum Gasteiger partial charge on any atom is 0.223 e. The molecule has 4 heterocycles. The molecule has 0 amide bonds. The fourth-order valence-electron chi connectivity index (χ4n) is 4.13. The van der Waals surface area contributed by atoms with Crippen molar-refractivity contribution in [1.82, 2.24) is 19.9 Å². The number of ether oxygens (including phenoxy) is 1. The Morgan fingerprint density at radius 3 is 2.75 bits per heavy atom. The van der Waals surface area contributed by atoms with E-state index in [9.17, 15) is 0 Å². The van der Waals surface area contributed by atoms with Crippen molar-refractivity contribution in [3.05, 3.63) is 41.1 Å². The largest absolute Gasteiger partial charge is 0.491 e. The molecule has 0 saturated carbocycles. The summed E-state index contributed by atoms with van der Waals surface area (Å²) in [5, 5.41) is 3.62. The van der Waals surface area contributed by atoms with Crippen LogP contribution in [0, 0.1) is 13.8 Å². The molecule has 5 N–H and O–H groups in total. The first-order valence-electron chi connectivity index (χ1n) is 10.3. The van der Waals surface area contributed by atoms with Crippen molar-refractivity contribution in [2.75, 3.05) is 41.9 Å². The summed E-state index contributed by atoms with van der Waals surface area (Å²) in [5.41, 5.74) is 17.8. The second kappa shape index (κ2) is 7.79. The molecule has 32 heavy (non-hydrogen) atoms. The van der Waals surface area contributed by atoms with Gasteiger partial charge in [-0.25, -0.2) is 9.97 Å². The monoisotopic (exact) mass is 448 g/mol. The highest BCUT2D eigenvalue weighted by molar-refractivity contribution is 7.21. The number of fused-ring (bicyclic) bond motifs is 2. The number of pyridine rings is 1. The van der Waals surface area contributed by atoms with Crippen LogP contribution in [0.15, 0.2) is 24.4 Å². The maximum atomic E-state index is 6.15. The predicted octanol–water partition coefficient (Wildman–Crippen LogP) is 3.37. The van der Waals surface area contributed by atoms with Crippen LogP contribution in [0.3, 0.4) is 0 Å². The molecule has 0 saturated heterocycles. The Bertz CT molecular complexity index is 1340. The molecule has 4 aromatic rings. The van der Waals surface area contributed by atoms with E-state index in [1.807, 2.05) is 26.2 Å². The Labute approximate surface area is 189 Å². The lowest BCUT2D eigenvalue weighted by Crippen LogP contribution is -2.27. The first-order valence-corrected chi connectivity index (χ1v) is 11.1. The average molecular weight is 449 g/mol. The van der Waals surface area contributed by atoms with E-state index in [0.717, 1.165) is 55.5 Å². The molecule has 0 unspecified atom stereocenters. The molecule has 0 radical (unpaired) electrons. The standard InChI is InChI=1S/C22H24N8OS/c1-11-6-13(14-8-16-20(26-9-14)32-22(24)27-16)7-15-10-30(4-5-31-17(11)15)19-12(2)18(25-3)28-21(23)29-19/h6-9H,4-5,10H2,1-3H3,(H2,24,27)(H3,23,25,28,29). The number of benzene rings is 1. The Balaban J connectivity index is 1.56. The smallest absolute Gasteiger partial charge is 0.223 e. The van der Waals surface area contributed by atoms with Gasteiger partial charge in [-0.15, -0.1) is 0 Å². The van der Waals surface area contributed by atoms with Crippen LogP contribution < -0.4 is 26.4 Å². The van der Waals surface area contributed by atoms with Crippen LogP contribution in [0.4, 0.5) is 22.7 Å². The first kappa shape index (κ1) is 20.3. The number of nitrogen functional groups attached to an aromatic ring is 2. The molecular weight excluding hydrogens is 424 g/mol. The number of nitrogens with zero attached hydrogens (tertiary/aromatic N) is 5. The van der Waals surface area contributed by atoms with E-state index in [1.54, 1.807) is 0 Å². The molecule has 0 aliphatic carbocycles. The minimum Gasteiger partial charge on any atom is -0.491 e. The van der Waals surface area contributed by atoms with Gasteiger partial charge in [0.25, 0.3) is 0 Å². The number of aryl methyl sites for hydroxylation is 1. The third-order valence-corrected chi connectivity index (χ3v) is 6.40. The second-order valence-electron chi connectivity index (χ2n) is 7.78. The van der Waals surface area contributed by atoms with Crippen molar-refractivity contribution in [3.63, 3.8) is 0 Å². The molecule has 5 rings (SSSR count). The summed E-state index contributed by atoms with van der Waals surface area (Å²) in [4.78, 5) is 20.8. The third-order valence-electron chi connectivity index (χ3n) is 5.59. The van der Waals surface area contributed by atoms with Gasteiger partial charge in [0.2, 0.25) is 5.95 Å². The molecule has 164 valence electrons. The minimum atomic E-state index is 0.243. The van der Waals surface area contributed by atoms with Gasteiger partial charge in [-0.2, -0.15) is 9.97 Å². The van der Waals surface area contributed by atoms with Crippen LogP contribution in [-0.4, -0.2) is 40.1 Å². The van der Waals surface area contributed by atoms with E-state index < -0.39 is 0 Å². The summed E-state index contributed by atoms with van der Waals surface area (Å²) in [6.45, 7) is 5.95. The zero-order valence-electron chi connectivity index (χ0n) is 18.1. The van der Waals surface area contributed by atoms with Crippen LogP contribution >= 0.6 is 11.3 Å². The highest BCUT2D eigenvalue weighted by Crippen LogP contribution is 2.36. The predicted molar refractivity (Wildman–Crippen MR) is 129 cm³/mol. The van der Waals surface area contributed by atoms with E-state index in [2.05, 4.69) is 49.2 Å². The van der Waals surface area contributed by atoms with Crippen LogP contribution in [-0.2, 0) is 6.54 Å². The highest BCUT2D eigenvalue weighted by Gasteiger charge is 2.22. The number of anilines is 4. The van der Waals surface area contributed by atoms with Gasteiger partial charge in [0.1, 0.15) is 34.3 Å². The van der Waals surface area contributed by atoms with Crippen molar-refractivity contribution < 1.29 is 4.74 Å². The Hall–Kier alpha value is -3.66. The van der Waals surface area contributed by atoms with Gasteiger partial charge in [0.05, 0.1) is 6.54 Å². The summed E-state index contributed by atoms with van der Waals surface area (Å²) < 4.78 is 6.15. The van der Waals surface area contributed by atoms with E-state index >= 15 is 0 Å². The number of aromatic nitrogens is 4. The fraction of sp³-hybridized carbons (Fsp3) is 0.273. The lowest BCUT2D eigenvalue weighted by atomic mass is 9.99. The number of nitrogens with two attached hydrogens (primary N) is 2. The van der Waals surface area contributed by atoms with Crippen LogP contribution in [0.1, 0.15) is 16.7 Å². The Morgan fingerprint density at radius 1 is 1.09 bits per heavy atom. The van der Waals surface area contributed by atoms with E-state index in [-0.39, 0.29) is 5.95 Å². The zero-order chi connectivity index (χ0) is 22.4. The van der Waals surface area contributed by atoms with Gasteiger partial charge in [-0.3, -0.25) is 0 Å². The highest BCUT2D eigenvalue weighted by atomic mass is 32.1. The summed E-state index contributed by atoms with van der Waals surface area (Å²) >= 11 is 1.39. The number of hydrogen-bond acceptors (Lipinski definition) is 10. The van der Waals surface area contributed by atoms with E-state index in [0.29, 0.717) is 24.8 Å². The van der Waals surface area contributed by atoms with Crippen molar-refractivity contribution >= 4 is 44.4 Å². The van der Waals surface area contributed by atoms with Crippen LogP contribution in [0.25, 0.3) is 21.5 Å². The summed E-state index contributed by atoms with van der Waals surface area (Å²) in [6.07, 6.45) is 1.87. The maximum absolute atomic E-state index is 6.15. The van der Waals surface area contributed by atoms with Gasteiger partial charge in [0.15, 0.2) is 5.13 Å². The lowest BCUT2D eigenvalue weighted by Gasteiger charge is -2.24. The van der Waals surface area contributed by atoms with Crippen molar-refractivity contribution in [1.29, 1.82) is 0 Å². The SMILES string of the molecule is CNc1nc(N)nc(N2CCOc3c(C)cc(-c4cnc5sc(N)nc5c4)cc3C2)c1C. The topological polar surface area (TPSA) is 128 Å². The fourth-order valence-corrected chi connectivity index (χ4v) is 4.79. The Morgan fingerprint density at radius 2 is 1.94 bits per heavy atom. The summed E-state index contributed by atoms with van der Waals surface area (Å²) in [6, 6.07) is 6.30. The number of hydrogen-bond donors (Lipinski definition) is 3. The van der Waals surface area contributed by atoms with Crippen molar-refractivity contribution in [2.45, 2.75) is 20.4 Å². The first-order chi connectivity index (χ1) is 15.4. The second-order valence-corrected chi connectivity index (χ2v) is 8.79. The van der Waals surface area contributed by atoms with E-state index in [4.69, 9.17) is 16.2 Å². The summed E-state index contributed by atoms with van der Waals surface area (Å²) in [7, 11) is 1.83. The van der Waals surface area contributed by atoms with E-state index in [1.165, 1.54) is 11.3 Å². The molecular formula is C22H24N8OS. The molecule has 3 aromatic heterocycles. The van der Waals surface area contributed by atoms with Gasteiger partial charge in [-0.1, -0.05) is 11.3 Å². The normalized spacial score (nSPS) is 13.5. The van der Waals surface area contributed by atoms with Gasteiger partial charge < -0.3 is 26.4 Å². The molecule has 1 aliphatic rings. The molecule has 10 heteroatoms. The molecule has 1 aromatic carbocycles. The molecule has 0 bridgehead atoms. The third kappa shape index (κ3) is 3.52. The molecule has 0 spiro atoms. The van der Waals surface area contributed by atoms with Gasteiger partial charge in [0, 0.05) is 36.5 Å². The summed E-state index contributed by atoms with van der Waals surface area (Å²) in [5.74, 6) is 2.69. The van der Waals surface area contributed by atoms with Gasteiger partial charge >= 0.3 is 0 Å². The molecule has 0 fully saturated rings. The molecule has 1 aliphatic heterocycles. The molecule has 9 nitrogen and oxygen atoms in total. The van der Waals surface area contributed by atoms with Crippen LogP contribution in [0.2, 0.25) is 0 Å². The molecule has 0 atom stereocenters. The minimum absolute atomic E-state index is 0.243. The van der Waals surface area contributed by atoms with Crippen molar-refractivity contribution in [3.8, 4) is 16.9 Å². The number of rotatable bonds is 3. The number of thiazole rings is 1.